The highest BCUT2D eigenvalue weighted by molar-refractivity contribution is 7.11. The minimum absolute atomic E-state index is 0.0260. The second-order valence-corrected chi connectivity index (χ2v) is 7.02. The molecular weight excluding hydrogens is 296 g/mol. The highest BCUT2D eigenvalue weighted by atomic mass is 32.1. The number of aromatic nitrogens is 1. The summed E-state index contributed by atoms with van der Waals surface area (Å²) in [6, 6.07) is 9.14. The van der Waals surface area contributed by atoms with Crippen molar-refractivity contribution in [2.45, 2.75) is 45.8 Å². The van der Waals surface area contributed by atoms with Crippen LogP contribution in [0.5, 0.6) is 0 Å². The molecule has 0 aliphatic rings. The lowest BCUT2D eigenvalue weighted by molar-refractivity contribution is -0.126. The summed E-state index contributed by atoms with van der Waals surface area (Å²) < 4.78 is 0. The van der Waals surface area contributed by atoms with Gasteiger partial charge in [0.25, 0.3) is 0 Å². The molecule has 1 aromatic carbocycles. The molecule has 2 aromatic rings. The molecule has 1 heterocycles. The Balaban J connectivity index is 2.02. The summed E-state index contributed by atoms with van der Waals surface area (Å²) in [4.78, 5) is 17.7. The van der Waals surface area contributed by atoms with Gasteiger partial charge in [0.2, 0.25) is 5.91 Å². The second-order valence-electron chi connectivity index (χ2n) is 5.79. The molecule has 0 spiro atoms. The van der Waals surface area contributed by atoms with Crippen LogP contribution in [0.2, 0.25) is 0 Å². The third-order valence-electron chi connectivity index (χ3n) is 3.61. The van der Waals surface area contributed by atoms with Crippen molar-refractivity contribution < 1.29 is 9.90 Å². The molecule has 4 nitrogen and oxygen atoms in total. The lowest BCUT2D eigenvalue weighted by atomic mass is 9.92. The number of carbonyl (C=O) groups is 1. The molecule has 5 heteroatoms. The number of nitrogens with one attached hydrogen (secondary N) is 1. The maximum absolute atomic E-state index is 12.2. The van der Waals surface area contributed by atoms with Crippen molar-refractivity contribution in [3.63, 3.8) is 0 Å². The molecule has 0 saturated carbocycles. The zero-order valence-electron chi connectivity index (χ0n) is 13.4. The third-order valence-corrected chi connectivity index (χ3v) is 4.87. The molecular formula is C17H22N2O2S. The molecule has 1 amide bonds. The van der Waals surface area contributed by atoms with E-state index >= 15 is 0 Å². The Labute approximate surface area is 135 Å². The van der Waals surface area contributed by atoms with Gasteiger partial charge in [-0.2, -0.15) is 0 Å². The topological polar surface area (TPSA) is 62.2 Å². The average Bonchev–Trinajstić information content (AvgIpc) is 2.78. The summed E-state index contributed by atoms with van der Waals surface area (Å²) in [6.07, 6.45) is 0.0260. The number of thiazole rings is 1. The van der Waals surface area contributed by atoms with Gasteiger partial charge in [-0.25, -0.2) is 4.98 Å². The largest absolute Gasteiger partial charge is 0.385 e. The van der Waals surface area contributed by atoms with Gasteiger partial charge in [-0.15, -0.1) is 11.3 Å². The van der Waals surface area contributed by atoms with Crippen molar-refractivity contribution >= 4 is 17.2 Å². The first-order chi connectivity index (χ1) is 10.3. The molecule has 2 N–H and O–H groups in total. The molecule has 0 aliphatic heterocycles. The van der Waals surface area contributed by atoms with E-state index in [-0.39, 0.29) is 18.4 Å². The first-order valence-corrected chi connectivity index (χ1v) is 8.12. The van der Waals surface area contributed by atoms with Gasteiger partial charge < -0.3 is 10.4 Å². The number of nitrogens with zero attached hydrogens (tertiary/aromatic N) is 1. The zero-order chi connectivity index (χ0) is 16.3. The normalized spacial score (nSPS) is 15.1. The Morgan fingerprint density at radius 2 is 2.00 bits per heavy atom. The van der Waals surface area contributed by atoms with Crippen LogP contribution in [0.3, 0.4) is 0 Å². The van der Waals surface area contributed by atoms with E-state index in [1.807, 2.05) is 51.1 Å². The smallest absolute Gasteiger partial charge is 0.223 e. The van der Waals surface area contributed by atoms with Crippen LogP contribution in [-0.4, -0.2) is 16.0 Å². The van der Waals surface area contributed by atoms with Gasteiger partial charge >= 0.3 is 0 Å². The van der Waals surface area contributed by atoms with Crippen molar-refractivity contribution in [3.05, 3.63) is 51.5 Å². The number of benzene rings is 1. The van der Waals surface area contributed by atoms with E-state index < -0.39 is 5.60 Å². The molecule has 118 valence electrons. The molecule has 0 bridgehead atoms. The minimum atomic E-state index is -1.18. The lowest BCUT2D eigenvalue weighted by Gasteiger charge is -2.24. The number of hydrogen-bond acceptors (Lipinski definition) is 4. The van der Waals surface area contributed by atoms with Crippen molar-refractivity contribution in [2.75, 3.05) is 0 Å². The summed E-state index contributed by atoms with van der Waals surface area (Å²) in [5.74, 6) is -0.174. The summed E-state index contributed by atoms with van der Waals surface area (Å²) >= 11 is 1.59. The van der Waals surface area contributed by atoms with Gasteiger partial charge in [-0.3, -0.25) is 4.79 Å². The molecule has 2 atom stereocenters. The molecule has 0 radical (unpaired) electrons. The first-order valence-electron chi connectivity index (χ1n) is 7.31. The van der Waals surface area contributed by atoms with E-state index in [1.165, 1.54) is 0 Å². The van der Waals surface area contributed by atoms with Gasteiger partial charge in [0.1, 0.15) is 0 Å². The summed E-state index contributed by atoms with van der Waals surface area (Å²) in [6.45, 7) is 7.50. The highest BCUT2D eigenvalue weighted by Gasteiger charge is 2.27. The number of hydrogen-bond donors (Lipinski definition) is 2. The van der Waals surface area contributed by atoms with Crippen LogP contribution < -0.4 is 5.32 Å². The van der Waals surface area contributed by atoms with E-state index in [9.17, 15) is 9.90 Å². The average molecular weight is 318 g/mol. The van der Waals surface area contributed by atoms with Crippen LogP contribution in [0.4, 0.5) is 0 Å². The van der Waals surface area contributed by atoms with Gasteiger partial charge in [0, 0.05) is 4.88 Å². The fraction of sp³-hybridized carbons (Fsp3) is 0.412. The minimum Gasteiger partial charge on any atom is -0.385 e. The van der Waals surface area contributed by atoms with Crippen LogP contribution in [-0.2, 0) is 10.4 Å². The maximum atomic E-state index is 12.2. The Morgan fingerprint density at radius 3 is 2.55 bits per heavy atom. The predicted octanol–water partition coefficient (Wildman–Crippen LogP) is 3.23. The quantitative estimate of drug-likeness (QED) is 0.889. The van der Waals surface area contributed by atoms with Gasteiger partial charge in [0.15, 0.2) is 0 Å². The lowest BCUT2D eigenvalue weighted by Crippen LogP contribution is -2.34. The number of carbonyl (C=O) groups excluding carboxylic acids is 1. The highest BCUT2D eigenvalue weighted by Crippen LogP contribution is 2.27. The Morgan fingerprint density at radius 1 is 1.36 bits per heavy atom. The molecule has 0 fully saturated rings. The first kappa shape index (κ1) is 16.6. The SMILES string of the molecule is Cc1nc(C)c(C(C)NC(=O)CC(C)(O)c2ccccc2)s1. The number of aryl methyl sites for hydroxylation is 2. The second kappa shape index (κ2) is 6.58. The van der Waals surface area contributed by atoms with Gasteiger partial charge in [-0.05, 0) is 33.3 Å². The fourth-order valence-electron chi connectivity index (χ4n) is 2.52. The van der Waals surface area contributed by atoms with Crippen LogP contribution in [0.15, 0.2) is 30.3 Å². The Bertz CT molecular complexity index is 650. The molecule has 1 aromatic heterocycles. The molecule has 0 aliphatic carbocycles. The van der Waals surface area contributed by atoms with Crippen molar-refractivity contribution in [1.29, 1.82) is 0 Å². The maximum Gasteiger partial charge on any atom is 0.223 e. The van der Waals surface area contributed by atoms with E-state index in [1.54, 1.807) is 18.3 Å². The summed E-state index contributed by atoms with van der Waals surface area (Å²) in [7, 11) is 0. The zero-order valence-corrected chi connectivity index (χ0v) is 14.2. The number of rotatable bonds is 5. The Kier molecular flexibility index (Phi) is 4.98. The standard InChI is InChI=1S/C17H22N2O2S/c1-11-16(22-13(3)18-11)12(2)19-15(20)10-17(4,21)14-8-6-5-7-9-14/h5-9,12,21H,10H2,1-4H3,(H,19,20). The van der Waals surface area contributed by atoms with Crippen LogP contribution in [0.1, 0.15) is 47.5 Å². The van der Waals surface area contributed by atoms with Crippen LogP contribution in [0.25, 0.3) is 0 Å². The number of amides is 1. The van der Waals surface area contributed by atoms with Crippen molar-refractivity contribution in [2.24, 2.45) is 0 Å². The molecule has 2 rings (SSSR count). The van der Waals surface area contributed by atoms with Crippen LogP contribution >= 0.6 is 11.3 Å². The third kappa shape index (κ3) is 3.93. The molecule has 0 saturated heterocycles. The van der Waals surface area contributed by atoms with Crippen molar-refractivity contribution in [1.82, 2.24) is 10.3 Å². The van der Waals surface area contributed by atoms with Crippen LogP contribution in [0, 0.1) is 13.8 Å². The fourth-order valence-corrected chi connectivity index (χ4v) is 3.45. The predicted molar refractivity (Wildman–Crippen MR) is 88.8 cm³/mol. The molecule has 2 unspecified atom stereocenters. The van der Waals surface area contributed by atoms with E-state index in [4.69, 9.17) is 0 Å². The van der Waals surface area contributed by atoms with Gasteiger partial charge in [0.05, 0.1) is 28.8 Å². The van der Waals surface area contributed by atoms with Crippen molar-refractivity contribution in [3.8, 4) is 0 Å². The summed E-state index contributed by atoms with van der Waals surface area (Å²) in [5, 5.41) is 14.5. The van der Waals surface area contributed by atoms with E-state index in [0.717, 1.165) is 21.1 Å². The van der Waals surface area contributed by atoms with E-state index in [2.05, 4.69) is 10.3 Å². The van der Waals surface area contributed by atoms with E-state index in [0.29, 0.717) is 0 Å². The summed E-state index contributed by atoms with van der Waals surface area (Å²) in [5.41, 5.74) is 0.511. The Hall–Kier alpha value is -1.72. The monoisotopic (exact) mass is 318 g/mol. The number of aliphatic hydroxyl groups is 1. The molecule has 22 heavy (non-hydrogen) atoms. The van der Waals surface area contributed by atoms with Gasteiger partial charge in [-0.1, -0.05) is 30.3 Å².